The molecule has 1 fully saturated rings. The molecular weight excluding hydrogens is 284 g/mol. The third-order valence-electron chi connectivity index (χ3n) is 4.02. The molecule has 0 aliphatic carbocycles. The lowest BCUT2D eigenvalue weighted by Crippen LogP contribution is -2.62. The summed E-state index contributed by atoms with van der Waals surface area (Å²) in [6, 6.07) is -0.916. The zero-order valence-electron chi connectivity index (χ0n) is 14.4. The van der Waals surface area contributed by atoms with E-state index in [1.54, 1.807) is 0 Å². The average molecular weight is 312 g/mol. The van der Waals surface area contributed by atoms with Gasteiger partial charge in [-0.2, -0.15) is 0 Å². The zero-order valence-corrected chi connectivity index (χ0v) is 14.4. The molecule has 0 aromatic heterocycles. The van der Waals surface area contributed by atoms with E-state index in [1.165, 1.54) is 9.80 Å². The fourth-order valence-electron chi connectivity index (χ4n) is 3.32. The smallest absolute Gasteiger partial charge is 0.407 e. The second kappa shape index (κ2) is 5.82. The van der Waals surface area contributed by atoms with Crippen LogP contribution in [0, 0.1) is 10.8 Å². The molecule has 2 atom stereocenters. The number of hydrogen-bond acceptors (Lipinski definition) is 2. The van der Waals surface area contributed by atoms with Crippen molar-refractivity contribution in [1.29, 1.82) is 0 Å². The number of carboxylic acid groups (broad SMARTS) is 2. The predicted octanol–water partition coefficient (Wildman–Crippen LogP) is 3.35. The van der Waals surface area contributed by atoms with E-state index in [0.717, 1.165) is 0 Å². The SMILES string of the molecule is C=C1CN(C(=O)O)C(C(C)(C)C)C(C(C)(C)C)N(C(=O)O)C1. The van der Waals surface area contributed by atoms with Crippen LogP contribution in [0.3, 0.4) is 0 Å². The van der Waals surface area contributed by atoms with E-state index in [2.05, 4.69) is 6.58 Å². The van der Waals surface area contributed by atoms with E-state index >= 15 is 0 Å². The largest absolute Gasteiger partial charge is 0.465 e. The summed E-state index contributed by atoms with van der Waals surface area (Å²) in [6.45, 7) is 15.9. The van der Waals surface area contributed by atoms with E-state index in [-0.39, 0.29) is 13.1 Å². The molecule has 6 nitrogen and oxygen atoms in total. The second-order valence-corrected chi connectivity index (χ2v) is 8.19. The van der Waals surface area contributed by atoms with Crippen LogP contribution in [0.15, 0.2) is 12.2 Å². The van der Waals surface area contributed by atoms with Crippen LogP contribution in [0.1, 0.15) is 41.5 Å². The number of nitrogens with zero attached hydrogens (tertiary/aromatic N) is 2. The van der Waals surface area contributed by atoms with Gasteiger partial charge in [-0.25, -0.2) is 9.59 Å². The first-order chi connectivity index (χ1) is 9.76. The highest BCUT2D eigenvalue weighted by Gasteiger charge is 2.50. The first kappa shape index (κ1) is 18.3. The molecular formula is C16H28N2O4. The lowest BCUT2D eigenvalue weighted by molar-refractivity contribution is -0.000844. The maximum atomic E-state index is 11.8. The number of rotatable bonds is 0. The van der Waals surface area contributed by atoms with Crippen LogP contribution < -0.4 is 0 Å². The Kier molecular flexibility index (Phi) is 4.85. The van der Waals surface area contributed by atoms with Gasteiger partial charge in [0.25, 0.3) is 0 Å². The minimum absolute atomic E-state index is 0.160. The Morgan fingerprint density at radius 3 is 1.36 bits per heavy atom. The van der Waals surface area contributed by atoms with Gasteiger partial charge in [-0.05, 0) is 16.4 Å². The fraction of sp³-hybridized carbons (Fsp3) is 0.750. The highest BCUT2D eigenvalue weighted by atomic mass is 16.4. The van der Waals surface area contributed by atoms with Crippen molar-refractivity contribution in [2.45, 2.75) is 53.6 Å². The minimum atomic E-state index is -1.04. The first-order valence-corrected chi connectivity index (χ1v) is 7.42. The zero-order chi connectivity index (χ0) is 17.5. The molecule has 0 aromatic carbocycles. The molecule has 1 saturated heterocycles. The van der Waals surface area contributed by atoms with Crippen molar-refractivity contribution in [2.24, 2.45) is 10.8 Å². The Morgan fingerprint density at radius 2 is 1.18 bits per heavy atom. The highest BCUT2D eigenvalue weighted by Crippen LogP contribution is 2.40. The summed E-state index contributed by atoms with van der Waals surface area (Å²) in [5.74, 6) is 0. The van der Waals surface area contributed by atoms with Gasteiger partial charge in [0.1, 0.15) is 0 Å². The summed E-state index contributed by atoms with van der Waals surface area (Å²) in [4.78, 5) is 26.3. The average Bonchev–Trinajstić information content (AvgIpc) is 2.43. The number of carbonyl (C=O) groups is 2. The van der Waals surface area contributed by atoms with Crippen molar-refractivity contribution in [3.8, 4) is 0 Å². The first-order valence-electron chi connectivity index (χ1n) is 7.42. The summed E-state index contributed by atoms with van der Waals surface area (Å²) in [5, 5.41) is 19.3. The van der Waals surface area contributed by atoms with Gasteiger partial charge < -0.3 is 10.2 Å². The topological polar surface area (TPSA) is 81.1 Å². The van der Waals surface area contributed by atoms with Crippen LogP contribution in [0.5, 0.6) is 0 Å². The number of hydrogen-bond donors (Lipinski definition) is 2. The van der Waals surface area contributed by atoms with E-state index in [9.17, 15) is 19.8 Å². The molecule has 2 unspecified atom stereocenters. The minimum Gasteiger partial charge on any atom is -0.465 e. The highest BCUT2D eigenvalue weighted by molar-refractivity contribution is 5.69. The van der Waals surface area contributed by atoms with Crippen LogP contribution in [0.2, 0.25) is 0 Å². The lowest BCUT2D eigenvalue weighted by Gasteiger charge is -2.49. The molecule has 2 N–H and O–H groups in total. The van der Waals surface area contributed by atoms with Crippen LogP contribution in [0.25, 0.3) is 0 Å². The third kappa shape index (κ3) is 3.72. The van der Waals surface area contributed by atoms with E-state index < -0.39 is 35.1 Å². The summed E-state index contributed by atoms with van der Waals surface area (Å²) < 4.78 is 0. The summed E-state index contributed by atoms with van der Waals surface area (Å²) in [7, 11) is 0. The summed E-state index contributed by atoms with van der Waals surface area (Å²) >= 11 is 0. The van der Waals surface area contributed by atoms with Gasteiger partial charge in [0.05, 0.1) is 12.1 Å². The fourth-order valence-corrected chi connectivity index (χ4v) is 3.32. The standard InChI is InChI=1S/C16H28N2O4/c1-10-8-17(13(19)20)11(15(2,3)4)12(16(5,6)7)18(9-10)14(21)22/h11-12H,1,8-9H2,2-7H3,(H,19,20)(H,21,22). The van der Waals surface area contributed by atoms with E-state index in [1.807, 2.05) is 41.5 Å². The van der Waals surface area contributed by atoms with Crippen LogP contribution in [0.4, 0.5) is 9.59 Å². The second-order valence-electron chi connectivity index (χ2n) is 8.19. The van der Waals surface area contributed by atoms with Crippen molar-refractivity contribution in [1.82, 2.24) is 9.80 Å². The quantitative estimate of drug-likeness (QED) is 0.672. The van der Waals surface area contributed by atoms with Crippen molar-refractivity contribution in [2.75, 3.05) is 13.1 Å². The molecule has 0 spiro atoms. The Bertz CT molecular complexity index is 432. The van der Waals surface area contributed by atoms with E-state index in [0.29, 0.717) is 5.57 Å². The molecule has 1 heterocycles. The molecule has 0 saturated carbocycles. The van der Waals surface area contributed by atoms with Gasteiger partial charge in [-0.15, -0.1) is 0 Å². The van der Waals surface area contributed by atoms with Crippen molar-refractivity contribution >= 4 is 12.2 Å². The molecule has 1 aliphatic rings. The van der Waals surface area contributed by atoms with Gasteiger partial charge >= 0.3 is 12.2 Å². The van der Waals surface area contributed by atoms with Gasteiger partial charge in [-0.1, -0.05) is 48.1 Å². The Balaban J connectivity index is 3.55. The molecule has 2 amide bonds. The van der Waals surface area contributed by atoms with Crippen LogP contribution >= 0.6 is 0 Å². The Hall–Kier alpha value is -1.72. The summed E-state index contributed by atoms with van der Waals surface area (Å²) in [5.41, 5.74) is -0.227. The van der Waals surface area contributed by atoms with Crippen molar-refractivity contribution in [3.63, 3.8) is 0 Å². The van der Waals surface area contributed by atoms with Crippen LogP contribution in [-0.4, -0.2) is 57.4 Å². The van der Waals surface area contributed by atoms with E-state index in [4.69, 9.17) is 0 Å². The third-order valence-corrected chi connectivity index (χ3v) is 4.02. The molecule has 1 rings (SSSR count). The Labute approximate surface area is 132 Å². The van der Waals surface area contributed by atoms with Crippen LogP contribution in [-0.2, 0) is 0 Å². The van der Waals surface area contributed by atoms with Crippen molar-refractivity contribution < 1.29 is 19.8 Å². The molecule has 0 radical (unpaired) electrons. The molecule has 22 heavy (non-hydrogen) atoms. The summed E-state index contributed by atoms with van der Waals surface area (Å²) in [6.07, 6.45) is -2.08. The lowest BCUT2D eigenvalue weighted by atomic mass is 9.71. The van der Waals surface area contributed by atoms with Crippen molar-refractivity contribution in [3.05, 3.63) is 12.2 Å². The molecule has 1 aliphatic heterocycles. The van der Waals surface area contributed by atoms with Gasteiger partial charge in [0.15, 0.2) is 0 Å². The normalized spacial score (nSPS) is 24.2. The monoisotopic (exact) mass is 312 g/mol. The van der Waals surface area contributed by atoms with Gasteiger partial charge in [0, 0.05) is 13.1 Å². The molecule has 126 valence electrons. The Morgan fingerprint density at radius 1 is 0.909 bits per heavy atom. The maximum Gasteiger partial charge on any atom is 0.407 e. The van der Waals surface area contributed by atoms with Gasteiger partial charge in [-0.3, -0.25) is 9.80 Å². The molecule has 6 heteroatoms. The van der Waals surface area contributed by atoms with Gasteiger partial charge in [0.2, 0.25) is 0 Å². The molecule has 0 aromatic rings. The molecule has 0 bridgehead atoms. The number of amides is 2. The predicted molar refractivity (Wildman–Crippen MR) is 85.1 cm³/mol. The maximum absolute atomic E-state index is 11.8.